The van der Waals surface area contributed by atoms with Crippen LogP contribution in [0.3, 0.4) is 0 Å². The van der Waals surface area contributed by atoms with Gasteiger partial charge in [0.05, 0.1) is 0 Å². The van der Waals surface area contributed by atoms with Crippen molar-refractivity contribution in [1.29, 1.82) is 0 Å². The molecule has 2 nitrogen and oxygen atoms in total. The zero-order valence-corrected chi connectivity index (χ0v) is 14.9. The van der Waals surface area contributed by atoms with Gasteiger partial charge in [0.15, 0.2) is 11.6 Å². The summed E-state index contributed by atoms with van der Waals surface area (Å²) in [4.78, 5) is 24.1. The molecule has 2 aliphatic carbocycles. The lowest BCUT2D eigenvalue weighted by Gasteiger charge is -2.47. The zero-order valence-electron chi connectivity index (χ0n) is 13.9. The van der Waals surface area contributed by atoms with Gasteiger partial charge in [-0.2, -0.15) is 0 Å². The molecule has 0 saturated heterocycles. The quantitative estimate of drug-likeness (QED) is 0.572. The van der Waals surface area contributed by atoms with Crippen molar-refractivity contribution < 1.29 is 9.59 Å². The molecule has 0 N–H and O–H groups in total. The second kappa shape index (κ2) is 5.25. The summed E-state index contributed by atoms with van der Waals surface area (Å²) in [6, 6.07) is 0. The van der Waals surface area contributed by atoms with E-state index < -0.39 is 8.07 Å². The number of allylic oxidation sites excluding steroid dienone is 2. The van der Waals surface area contributed by atoms with Gasteiger partial charge in [-0.05, 0) is 24.3 Å². The number of ketones is 2. The van der Waals surface area contributed by atoms with Crippen LogP contribution in [0.1, 0.15) is 46.0 Å². The first kappa shape index (κ1) is 16.2. The Bertz CT molecular complexity index is 566. The summed E-state index contributed by atoms with van der Waals surface area (Å²) in [6.45, 7) is 11.0. The topological polar surface area (TPSA) is 34.1 Å². The molecule has 3 heteroatoms. The fourth-order valence-electron chi connectivity index (χ4n) is 3.80. The van der Waals surface area contributed by atoms with Crippen LogP contribution in [0, 0.1) is 22.3 Å². The third-order valence-electron chi connectivity index (χ3n) is 4.95. The highest BCUT2D eigenvalue weighted by Crippen LogP contribution is 2.59. The van der Waals surface area contributed by atoms with Gasteiger partial charge in [0.2, 0.25) is 0 Å². The Morgan fingerprint density at radius 2 is 1.90 bits per heavy atom. The lowest BCUT2D eigenvalue weighted by molar-refractivity contribution is -0.121. The van der Waals surface area contributed by atoms with Crippen LogP contribution >= 0.6 is 0 Å². The van der Waals surface area contributed by atoms with Crippen molar-refractivity contribution in [3.8, 4) is 11.5 Å². The molecule has 0 radical (unpaired) electrons. The second-order valence-corrected chi connectivity index (χ2v) is 12.9. The van der Waals surface area contributed by atoms with Gasteiger partial charge < -0.3 is 0 Å². The van der Waals surface area contributed by atoms with Crippen molar-refractivity contribution in [2.45, 2.75) is 65.6 Å². The lowest BCUT2D eigenvalue weighted by Crippen LogP contribution is -2.42. The van der Waals surface area contributed by atoms with Crippen LogP contribution < -0.4 is 0 Å². The number of fused-ring (bicyclic) bond motifs is 1. The number of carbonyl (C=O) groups is 2. The SMILES string of the molecule is CC1(C)CC(=O)C=C2C(=O)CCC21CCC#C[Si](C)(C)C. The highest BCUT2D eigenvalue weighted by atomic mass is 28.3. The van der Waals surface area contributed by atoms with Crippen molar-refractivity contribution in [3.05, 3.63) is 11.6 Å². The largest absolute Gasteiger partial charge is 0.295 e. The molecular formula is C18H26O2Si. The van der Waals surface area contributed by atoms with Crippen molar-refractivity contribution in [2.75, 3.05) is 0 Å². The molecular weight excluding hydrogens is 276 g/mol. The predicted molar refractivity (Wildman–Crippen MR) is 88.5 cm³/mol. The molecule has 0 aliphatic heterocycles. The molecule has 2 rings (SSSR count). The minimum atomic E-state index is -1.34. The van der Waals surface area contributed by atoms with E-state index in [4.69, 9.17) is 0 Å². The Balaban J connectivity index is 2.28. The summed E-state index contributed by atoms with van der Waals surface area (Å²) < 4.78 is 0. The minimum Gasteiger partial charge on any atom is -0.295 e. The zero-order chi connectivity index (χ0) is 15.9. The molecule has 1 unspecified atom stereocenters. The molecule has 0 aromatic rings. The van der Waals surface area contributed by atoms with Gasteiger partial charge in [-0.15, -0.1) is 11.5 Å². The van der Waals surface area contributed by atoms with E-state index in [0.717, 1.165) is 24.8 Å². The van der Waals surface area contributed by atoms with E-state index in [1.807, 2.05) is 0 Å². The number of Topliss-reactive ketones (excluding diaryl/α,β-unsaturated/α-hetero) is 1. The van der Waals surface area contributed by atoms with Gasteiger partial charge in [0, 0.05) is 30.3 Å². The summed E-state index contributed by atoms with van der Waals surface area (Å²) in [5, 5.41) is 0. The molecule has 0 spiro atoms. The Morgan fingerprint density at radius 3 is 2.52 bits per heavy atom. The molecule has 1 atom stereocenters. The normalized spacial score (nSPS) is 27.8. The molecule has 0 amide bonds. The lowest BCUT2D eigenvalue weighted by atomic mass is 9.56. The van der Waals surface area contributed by atoms with Crippen LogP contribution in [-0.4, -0.2) is 19.6 Å². The first-order chi connectivity index (χ1) is 9.57. The third-order valence-corrected chi connectivity index (χ3v) is 5.88. The van der Waals surface area contributed by atoms with Crippen LogP contribution in [0.15, 0.2) is 11.6 Å². The number of hydrogen-bond acceptors (Lipinski definition) is 2. The molecule has 114 valence electrons. The number of carbonyl (C=O) groups excluding carboxylic acids is 2. The Labute approximate surface area is 129 Å². The summed E-state index contributed by atoms with van der Waals surface area (Å²) in [5.74, 6) is 3.61. The molecule has 0 aromatic carbocycles. The second-order valence-electron chi connectivity index (χ2n) is 8.14. The van der Waals surface area contributed by atoms with Gasteiger partial charge in [-0.3, -0.25) is 9.59 Å². The van der Waals surface area contributed by atoms with Crippen molar-refractivity contribution in [1.82, 2.24) is 0 Å². The van der Waals surface area contributed by atoms with Gasteiger partial charge in [-0.1, -0.05) is 33.5 Å². The molecule has 1 saturated carbocycles. The maximum Gasteiger partial charge on any atom is 0.159 e. The number of rotatable bonds is 2. The van der Waals surface area contributed by atoms with Crippen LogP contribution in [0.4, 0.5) is 0 Å². The Kier molecular flexibility index (Phi) is 4.05. The monoisotopic (exact) mass is 302 g/mol. The van der Waals surface area contributed by atoms with Crippen LogP contribution in [-0.2, 0) is 9.59 Å². The predicted octanol–water partition coefficient (Wildman–Crippen LogP) is 3.92. The standard InChI is InChI=1S/C18H26O2Si/c1-17(2)13-14(19)12-15-16(20)8-10-18(15,17)9-6-7-11-21(3,4)5/h12H,6,8-10,13H2,1-5H3. The third kappa shape index (κ3) is 3.06. The fraction of sp³-hybridized carbons (Fsp3) is 0.667. The highest BCUT2D eigenvalue weighted by molar-refractivity contribution is 6.83. The maximum absolute atomic E-state index is 12.2. The van der Waals surface area contributed by atoms with E-state index in [9.17, 15) is 9.59 Å². The molecule has 21 heavy (non-hydrogen) atoms. The minimum absolute atomic E-state index is 0.106. The molecule has 1 fully saturated rings. The van der Waals surface area contributed by atoms with Crippen molar-refractivity contribution in [3.63, 3.8) is 0 Å². The molecule has 0 aromatic heterocycles. The average molecular weight is 302 g/mol. The van der Waals surface area contributed by atoms with E-state index >= 15 is 0 Å². The number of hydrogen-bond donors (Lipinski definition) is 0. The summed E-state index contributed by atoms with van der Waals surface area (Å²) in [7, 11) is -1.34. The van der Waals surface area contributed by atoms with E-state index in [-0.39, 0.29) is 22.4 Å². The molecule has 2 aliphatic rings. The van der Waals surface area contributed by atoms with E-state index in [1.165, 1.54) is 0 Å². The molecule has 0 heterocycles. The smallest absolute Gasteiger partial charge is 0.159 e. The van der Waals surface area contributed by atoms with E-state index in [0.29, 0.717) is 12.8 Å². The van der Waals surface area contributed by atoms with Gasteiger partial charge >= 0.3 is 0 Å². The highest BCUT2D eigenvalue weighted by Gasteiger charge is 2.55. The van der Waals surface area contributed by atoms with E-state index in [1.54, 1.807) is 6.08 Å². The maximum atomic E-state index is 12.2. The first-order valence-corrected chi connectivity index (χ1v) is 11.4. The summed E-state index contributed by atoms with van der Waals surface area (Å²) in [5.41, 5.74) is 3.92. The Hall–Kier alpha value is -1.14. The van der Waals surface area contributed by atoms with Crippen molar-refractivity contribution >= 4 is 19.6 Å². The average Bonchev–Trinajstić information content (AvgIpc) is 2.63. The van der Waals surface area contributed by atoms with Gasteiger partial charge in [-0.25, -0.2) is 0 Å². The summed E-state index contributed by atoms with van der Waals surface area (Å²) in [6.07, 6.45) is 5.38. The van der Waals surface area contributed by atoms with Gasteiger partial charge in [0.25, 0.3) is 0 Å². The van der Waals surface area contributed by atoms with Crippen LogP contribution in [0.2, 0.25) is 19.6 Å². The first-order valence-electron chi connectivity index (χ1n) is 7.86. The van der Waals surface area contributed by atoms with Crippen LogP contribution in [0.25, 0.3) is 0 Å². The Morgan fingerprint density at radius 1 is 1.24 bits per heavy atom. The summed E-state index contributed by atoms with van der Waals surface area (Å²) >= 11 is 0. The van der Waals surface area contributed by atoms with Gasteiger partial charge in [0.1, 0.15) is 8.07 Å². The van der Waals surface area contributed by atoms with E-state index in [2.05, 4.69) is 45.0 Å². The fourth-order valence-corrected chi connectivity index (χ4v) is 4.46. The molecule has 0 bridgehead atoms. The van der Waals surface area contributed by atoms with Crippen molar-refractivity contribution in [2.24, 2.45) is 10.8 Å². The van der Waals surface area contributed by atoms with Crippen LogP contribution in [0.5, 0.6) is 0 Å².